The molecule has 0 unspecified atom stereocenters. The molecule has 1 amide bonds. The Bertz CT molecular complexity index is 2420. The first-order valence-electron chi connectivity index (χ1n) is 20.3. The van der Waals surface area contributed by atoms with Crippen molar-refractivity contribution < 1.29 is 45.4 Å². The van der Waals surface area contributed by atoms with E-state index >= 15 is 0 Å². The minimum atomic E-state index is -3.95. The lowest BCUT2D eigenvalue weighted by Gasteiger charge is -2.37. The zero-order valence-corrected chi connectivity index (χ0v) is 39.5. The van der Waals surface area contributed by atoms with Crippen LogP contribution < -0.4 is 13.9 Å². The maximum atomic E-state index is 13.7. The van der Waals surface area contributed by atoms with Gasteiger partial charge in [0.05, 0.1) is 61.2 Å². The van der Waals surface area contributed by atoms with Crippen LogP contribution in [-0.4, -0.2) is 131 Å². The Labute approximate surface area is 382 Å². The molecule has 0 atom stereocenters. The van der Waals surface area contributed by atoms with Crippen molar-refractivity contribution in [2.45, 2.75) is 53.3 Å². The SMILES string of the molecule is COC(=O)c1ccc(CN(c2cccc(C)c2)S(=O)(=O)N2CCN(C(=O)OC(C)(C)C)CC2)nc1.COC(=O)c1ccc(CN(c2cccc(C)c2)S(=O)(=O)N2CCNCC2)nc1.Cl. The largest absolute Gasteiger partial charge is 0.465 e. The number of benzene rings is 2. The summed E-state index contributed by atoms with van der Waals surface area (Å²) in [6, 6.07) is 20.9. The number of piperazine rings is 2. The van der Waals surface area contributed by atoms with Crippen LogP contribution in [0.3, 0.4) is 0 Å². The first-order chi connectivity index (χ1) is 29.8. The number of methoxy groups -OCH3 is 2. The van der Waals surface area contributed by atoms with E-state index in [0.717, 1.165) is 11.1 Å². The standard InChI is InChI=1S/C24H32N4O6S.C19H24N4O4S.ClH/c1-18-7-6-8-21(15-18)28(17-20-10-9-19(16-25-20)22(29)33-5)35(31,32)27-13-11-26(12-14-27)23(30)34-24(2,3)4;1-15-4-3-5-18(12-15)23(28(25,26)22-10-8-20-9-11-22)14-17-7-6-16(13-21-17)19(24)27-2;/h6-10,15-16H,11-14,17H2,1-5H3;3-7,12-13,20H,8-11,14H2,1-2H3;1H. The number of ether oxygens (including phenoxy) is 3. The van der Waals surface area contributed by atoms with Gasteiger partial charge in [-0.25, -0.2) is 14.4 Å². The summed E-state index contributed by atoms with van der Waals surface area (Å²) in [4.78, 5) is 45.7. The molecule has 0 bridgehead atoms. The molecule has 21 heteroatoms. The monoisotopic (exact) mass is 944 g/mol. The lowest BCUT2D eigenvalue weighted by atomic mass is 10.2. The highest BCUT2D eigenvalue weighted by atomic mass is 35.5. The zero-order valence-electron chi connectivity index (χ0n) is 37.1. The number of rotatable bonds is 12. The molecule has 0 spiro atoms. The van der Waals surface area contributed by atoms with Crippen LogP contribution >= 0.6 is 12.4 Å². The Hall–Kier alpha value is -5.38. The Kier molecular flexibility index (Phi) is 18.0. The molecule has 6 rings (SSSR count). The number of nitrogens with zero attached hydrogens (tertiary/aromatic N) is 7. The van der Waals surface area contributed by atoms with E-state index in [1.54, 1.807) is 69.3 Å². The van der Waals surface area contributed by atoms with Gasteiger partial charge in [0, 0.05) is 64.8 Å². The molecule has 64 heavy (non-hydrogen) atoms. The fraction of sp³-hybridized carbons (Fsp3) is 0.419. The van der Waals surface area contributed by atoms with Gasteiger partial charge in [0.2, 0.25) is 0 Å². The predicted octanol–water partition coefficient (Wildman–Crippen LogP) is 4.74. The van der Waals surface area contributed by atoms with Gasteiger partial charge in [-0.3, -0.25) is 18.6 Å². The van der Waals surface area contributed by atoms with Crippen LogP contribution in [-0.2, 0) is 47.7 Å². The number of hydrogen-bond donors (Lipinski definition) is 1. The van der Waals surface area contributed by atoms with Crippen molar-refractivity contribution in [3.8, 4) is 0 Å². The van der Waals surface area contributed by atoms with Gasteiger partial charge < -0.3 is 24.4 Å². The summed E-state index contributed by atoms with van der Waals surface area (Å²) in [7, 11) is -5.10. The molecular formula is C43H57ClN8O10S2. The van der Waals surface area contributed by atoms with Crippen LogP contribution in [0.25, 0.3) is 0 Å². The van der Waals surface area contributed by atoms with Crippen molar-refractivity contribution >= 4 is 62.2 Å². The number of pyridine rings is 2. The third kappa shape index (κ3) is 13.6. The van der Waals surface area contributed by atoms with E-state index in [1.165, 1.54) is 48.7 Å². The number of carbonyl (C=O) groups excluding carboxylic acids is 3. The van der Waals surface area contributed by atoms with E-state index in [2.05, 4.69) is 20.0 Å². The molecule has 2 aliphatic rings. The molecule has 2 saturated heterocycles. The van der Waals surface area contributed by atoms with E-state index < -0.39 is 44.1 Å². The van der Waals surface area contributed by atoms with Crippen LogP contribution in [0.5, 0.6) is 0 Å². The lowest BCUT2D eigenvalue weighted by molar-refractivity contribution is 0.0192. The maximum Gasteiger partial charge on any atom is 0.410 e. The molecule has 1 N–H and O–H groups in total. The van der Waals surface area contributed by atoms with Gasteiger partial charge in [0.25, 0.3) is 0 Å². The van der Waals surface area contributed by atoms with E-state index in [-0.39, 0.29) is 57.2 Å². The number of nitrogens with one attached hydrogen (secondary N) is 1. The number of esters is 2. The second-order valence-electron chi connectivity index (χ2n) is 15.8. The maximum absolute atomic E-state index is 13.7. The average Bonchev–Trinajstić information content (AvgIpc) is 3.27. The summed E-state index contributed by atoms with van der Waals surface area (Å²) in [5.74, 6) is -1.00. The molecule has 4 aromatic rings. The number of aromatic nitrogens is 2. The fourth-order valence-corrected chi connectivity index (χ4v) is 9.74. The van der Waals surface area contributed by atoms with Crippen LogP contribution in [0.15, 0.2) is 85.2 Å². The van der Waals surface area contributed by atoms with Crippen molar-refractivity contribution in [3.05, 3.63) is 119 Å². The van der Waals surface area contributed by atoms with E-state index in [0.29, 0.717) is 54.5 Å². The summed E-state index contributed by atoms with van der Waals surface area (Å²) < 4.78 is 74.5. The van der Waals surface area contributed by atoms with Gasteiger partial charge in [0.1, 0.15) is 5.60 Å². The minimum Gasteiger partial charge on any atom is -0.465 e. The molecule has 2 aromatic heterocycles. The molecule has 2 aromatic carbocycles. The normalized spacial score (nSPS) is 14.8. The van der Waals surface area contributed by atoms with Gasteiger partial charge >= 0.3 is 38.5 Å². The topological polar surface area (TPSA) is 201 Å². The van der Waals surface area contributed by atoms with Crippen LogP contribution in [0.2, 0.25) is 0 Å². The third-order valence-electron chi connectivity index (χ3n) is 9.86. The molecule has 0 radical (unpaired) electrons. The Morgan fingerprint density at radius 1 is 0.656 bits per heavy atom. The molecule has 348 valence electrons. The van der Waals surface area contributed by atoms with Crippen LogP contribution in [0.1, 0.15) is 64.0 Å². The summed E-state index contributed by atoms with van der Waals surface area (Å²) in [6.07, 6.45) is 2.30. The zero-order chi connectivity index (χ0) is 46.0. The Balaban J connectivity index is 0.000000283. The van der Waals surface area contributed by atoms with Crippen molar-refractivity contribution in [1.29, 1.82) is 0 Å². The third-order valence-corrected chi connectivity index (χ3v) is 13.7. The molecular weight excluding hydrogens is 888 g/mol. The molecule has 2 aliphatic heterocycles. The van der Waals surface area contributed by atoms with Crippen molar-refractivity contribution in [1.82, 2.24) is 28.8 Å². The van der Waals surface area contributed by atoms with Gasteiger partial charge in [-0.2, -0.15) is 25.4 Å². The number of carbonyl (C=O) groups is 3. The van der Waals surface area contributed by atoms with Crippen molar-refractivity contribution in [3.63, 3.8) is 0 Å². The molecule has 0 saturated carbocycles. The molecule has 0 aliphatic carbocycles. The highest BCUT2D eigenvalue weighted by Gasteiger charge is 2.36. The summed E-state index contributed by atoms with van der Waals surface area (Å²) in [5.41, 5.74) is 3.92. The number of halogens is 1. The summed E-state index contributed by atoms with van der Waals surface area (Å²) in [5, 5.41) is 3.17. The van der Waals surface area contributed by atoms with Gasteiger partial charge in [-0.15, -0.1) is 12.4 Å². The number of anilines is 2. The first-order valence-corrected chi connectivity index (χ1v) is 23.1. The van der Waals surface area contributed by atoms with E-state index in [9.17, 15) is 31.2 Å². The number of aryl methyl sites for hydroxylation is 2. The fourth-order valence-electron chi connectivity index (χ4n) is 6.57. The average molecular weight is 946 g/mol. The smallest absolute Gasteiger partial charge is 0.410 e. The van der Waals surface area contributed by atoms with Crippen molar-refractivity contribution in [2.75, 3.05) is 75.2 Å². The van der Waals surface area contributed by atoms with Crippen molar-refractivity contribution in [2.24, 2.45) is 0 Å². The Morgan fingerprint density at radius 2 is 1.08 bits per heavy atom. The van der Waals surface area contributed by atoms with Gasteiger partial charge in [-0.05, 0) is 94.3 Å². The quantitative estimate of drug-likeness (QED) is 0.151. The lowest BCUT2D eigenvalue weighted by Crippen LogP contribution is -2.54. The summed E-state index contributed by atoms with van der Waals surface area (Å²) in [6.45, 7) is 12.0. The predicted molar refractivity (Wildman–Crippen MR) is 245 cm³/mol. The van der Waals surface area contributed by atoms with Crippen LogP contribution in [0.4, 0.5) is 16.2 Å². The molecule has 18 nitrogen and oxygen atoms in total. The Morgan fingerprint density at radius 3 is 1.44 bits per heavy atom. The highest BCUT2D eigenvalue weighted by molar-refractivity contribution is 7.90. The first kappa shape index (κ1) is 51.3. The molecule has 4 heterocycles. The number of amides is 1. The van der Waals surface area contributed by atoms with E-state index in [4.69, 9.17) is 9.47 Å². The van der Waals surface area contributed by atoms with Gasteiger partial charge in [0.15, 0.2) is 0 Å². The second kappa shape index (κ2) is 22.5. The van der Waals surface area contributed by atoms with Crippen LogP contribution in [0, 0.1) is 13.8 Å². The van der Waals surface area contributed by atoms with Gasteiger partial charge in [-0.1, -0.05) is 24.3 Å². The summed E-state index contributed by atoms with van der Waals surface area (Å²) >= 11 is 0. The second-order valence-corrected chi connectivity index (χ2v) is 19.5. The molecule has 2 fully saturated rings. The minimum absolute atomic E-state index is 0. The highest BCUT2D eigenvalue weighted by Crippen LogP contribution is 2.27. The number of hydrogen-bond acceptors (Lipinski definition) is 13. The van der Waals surface area contributed by atoms with E-state index in [1.807, 2.05) is 38.1 Å².